The summed E-state index contributed by atoms with van der Waals surface area (Å²) < 4.78 is 0. The molecule has 0 spiro atoms. The first-order valence-electron chi connectivity index (χ1n) is 5.81. The van der Waals surface area contributed by atoms with Crippen LogP contribution >= 0.6 is 0 Å². The fraction of sp³-hybridized carbons (Fsp3) is 0.0667. The third-order valence-electron chi connectivity index (χ3n) is 2.23. The molecule has 1 amide bonds. The molecule has 0 unspecified atom stereocenters. The Hall–Kier alpha value is -2.91. The summed E-state index contributed by atoms with van der Waals surface area (Å²) in [4.78, 5) is 23.3. The fourth-order valence-corrected chi connectivity index (χ4v) is 1.32. The van der Waals surface area contributed by atoms with Gasteiger partial charge in [0.15, 0.2) is 0 Å². The molecule has 0 fully saturated rings. The number of benzene rings is 2. The van der Waals surface area contributed by atoms with E-state index in [2.05, 4.69) is 10.3 Å². The van der Waals surface area contributed by atoms with Crippen LogP contribution in [-0.4, -0.2) is 17.3 Å². The maximum Gasteiger partial charge on any atom is 0.409 e. The van der Waals surface area contributed by atoms with Gasteiger partial charge in [-0.3, -0.25) is 5.32 Å². The van der Waals surface area contributed by atoms with Crippen molar-refractivity contribution < 1.29 is 14.7 Å². The van der Waals surface area contributed by atoms with Gasteiger partial charge >= 0.3 is 6.09 Å². The van der Waals surface area contributed by atoms with Crippen LogP contribution in [0.15, 0.2) is 59.6 Å². The van der Waals surface area contributed by atoms with Gasteiger partial charge in [0.2, 0.25) is 6.08 Å². The second-order valence-corrected chi connectivity index (χ2v) is 3.83. The molecule has 0 aliphatic heterocycles. The predicted octanol–water partition coefficient (Wildman–Crippen LogP) is 3.74. The number of carbonyl (C=O) groups excluding carboxylic acids is 1. The number of rotatable bonds is 2. The number of aliphatic imine (C=N–C) groups is 1. The number of amides is 1. The van der Waals surface area contributed by atoms with Crippen molar-refractivity contribution in [2.45, 2.75) is 6.92 Å². The third-order valence-corrected chi connectivity index (χ3v) is 2.23. The molecule has 0 aliphatic rings. The highest BCUT2D eigenvalue weighted by Crippen LogP contribution is 2.10. The maximum absolute atomic E-state index is 10.1. The number of aryl methyl sites for hydroxylation is 1. The molecule has 20 heavy (non-hydrogen) atoms. The molecule has 0 aromatic heterocycles. The Balaban J connectivity index is 0.000000200. The van der Waals surface area contributed by atoms with Gasteiger partial charge in [-0.15, -0.1) is 0 Å². The highest BCUT2D eigenvalue weighted by molar-refractivity contribution is 5.82. The molecule has 2 aromatic rings. The number of isocyanates is 1. The van der Waals surface area contributed by atoms with Crippen LogP contribution in [0.1, 0.15) is 5.56 Å². The minimum absolute atomic E-state index is 0.593. The highest BCUT2D eigenvalue weighted by atomic mass is 16.4. The zero-order chi connectivity index (χ0) is 14.8. The van der Waals surface area contributed by atoms with Crippen molar-refractivity contribution in [2.24, 2.45) is 4.99 Å². The Labute approximate surface area is 116 Å². The first kappa shape index (κ1) is 15.1. The summed E-state index contributed by atoms with van der Waals surface area (Å²) in [5.74, 6) is 0. The van der Waals surface area contributed by atoms with Crippen molar-refractivity contribution in [3.8, 4) is 0 Å². The summed E-state index contributed by atoms with van der Waals surface area (Å²) in [6.07, 6.45) is 0.443. The molecule has 0 saturated heterocycles. The lowest BCUT2D eigenvalue weighted by atomic mass is 10.2. The van der Waals surface area contributed by atoms with E-state index in [0.717, 1.165) is 5.56 Å². The largest absolute Gasteiger partial charge is 0.465 e. The molecule has 102 valence electrons. The fourth-order valence-electron chi connectivity index (χ4n) is 1.32. The molecule has 2 rings (SSSR count). The van der Waals surface area contributed by atoms with E-state index in [4.69, 9.17) is 5.11 Å². The van der Waals surface area contributed by atoms with Crippen molar-refractivity contribution in [1.82, 2.24) is 0 Å². The van der Waals surface area contributed by atoms with Gasteiger partial charge in [-0.1, -0.05) is 35.9 Å². The molecular weight excluding hydrogens is 256 g/mol. The smallest absolute Gasteiger partial charge is 0.409 e. The van der Waals surface area contributed by atoms with E-state index >= 15 is 0 Å². The van der Waals surface area contributed by atoms with Crippen molar-refractivity contribution in [3.63, 3.8) is 0 Å². The molecule has 5 nitrogen and oxygen atoms in total. The number of carboxylic acid groups (broad SMARTS) is 1. The summed E-state index contributed by atoms with van der Waals surface area (Å²) in [6.45, 7) is 1.98. The Morgan fingerprint density at radius 1 is 1.10 bits per heavy atom. The van der Waals surface area contributed by atoms with E-state index < -0.39 is 6.09 Å². The first-order valence-corrected chi connectivity index (χ1v) is 5.81. The Morgan fingerprint density at radius 2 is 1.70 bits per heavy atom. The predicted molar refractivity (Wildman–Crippen MR) is 77.1 cm³/mol. The van der Waals surface area contributed by atoms with E-state index in [1.807, 2.05) is 25.1 Å². The van der Waals surface area contributed by atoms with E-state index in [9.17, 15) is 9.59 Å². The molecule has 0 saturated carbocycles. The van der Waals surface area contributed by atoms with Crippen molar-refractivity contribution >= 4 is 23.5 Å². The summed E-state index contributed by atoms with van der Waals surface area (Å²) in [5, 5.41) is 10.5. The molecule has 0 aliphatic carbocycles. The standard InChI is InChI=1S/C8H7NO.C7H7NO2/c1-7-2-4-8(5-3-7)9-6-10;9-7(10)8-6-4-2-1-3-5-6/h2-5H,1H3;1-5,8H,(H,9,10). The van der Waals surface area contributed by atoms with Gasteiger partial charge in [-0.05, 0) is 31.2 Å². The number of para-hydroxylation sites is 1. The van der Waals surface area contributed by atoms with Gasteiger partial charge in [-0.25, -0.2) is 9.59 Å². The van der Waals surface area contributed by atoms with Gasteiger partial charge in [0.25, 0.3) is 0 Å². The summed E-state index contributed by atoms with van der Waals surface area (Å²) in [6, 6.07) is 16.1. The van der Waals surface area contributed by atoms with Crippen molar-refractivity contribution in [3.05, 3.63) is 60.2 Å². The Morgan fingerprint density at radius 3 is 2.20 bits per heavy atom. The van der Waals surface area contributed by atoms with Crippen molar-refractivity contribution in [2.75, 3.05) is 5.32 Å². The SMILES string of the molecule is Cc1ccc(N=C=O)cc1.O=C(O)Nc1ccccc1. The average Bonchev–Trinajstić information content (AvgIpc) is 2.43. The Kier molecular flexibility index (Phi) is 6.24. The lowest BCUT2D eigenvalue weighted by Crippen LogP contribution is -2.06. The second-order valence-electron chi connectivity index (χ2n) is 3.83. The van der Waals surface area contributed by atoms with Crippen LogP contribution in [0.25, 0.3) is 0 Å². The number of hydrogen-bond donors (Lipinski definition) is 2. The van der Waals surface area contributed by atoms with Crippen LogP contribution in [0, 0.1) is 6.92 Å². The van der Waals surface area contributed by atoms with Crippen LogP contribution in [0.2, 0.25) is 0 Å². The van der Waals surface area contributed by atoms with E-state index in [-0.39, 0.29) is 0 Å². The Bertz CT molecular complexity index is 588. The van der Waals surface area contributed by atoms with Gasteiger partial charge in [0.1, 0.15) is 0 Å². The second kappa shape index (κ2) is 8.24. The van der Waals surface area contributed by atoms with Gasteiger partial charge in [0, 0.05) is 5.69 Å². The molecule has 2 aromatic carbocycles. The number of nitrogens with zero attached hydrogens (tertiary/aromatic N) is 1. The number of hydrogen-bond acceptors (Lipinski definition) is 3. The van der Waals surface area contributed by atoms with Crippen LogP contribution < -0.4 is 5.32 Å². The number of carbonyl (C=O) groups is 1. The molecule has 5 heteroatoms. The quantitative estimate of drug-likeness (QED) is 0.644. The zero-order valence-electron chi connectivity index (χ0n) is 10.9. The average molecular weight is 270 g/mol. The monoisotopic (exact) mass is 270 g/mol. The molecular formula is C15H14N2O3. The van der Waals surface area contributed by atoms with Gasteiger partial charge in [0.05, 0.1) is 5.69 Å². The van der Waals surface area contributed by atoms with Crippen LogP contribution in [-0.2, 0) is 4.79 Å². The molecule has 2 N–H and O–H groups in total. The van der Waals surface area contributed by atoms with Crippen LogP contribution in [0.4, 0.5) is 16.2 Å². The van der Waals surface area contributed by atoms with E-state index in [1.54, 1.807) is 36.4 Å². The third kappa shape index (κ3) is 6.14. The lowest BCUT2D eigenvalue weighted by Gasteiger charge is -1.96. The summed E-state index contributed by atoms with van der Waals surface area (Å²) >= 11 is 0. The van der Waals surface area contributed by atoms with E-state index in [0.29, 0.717) is 11.4 Å². The molecule has 0 bridgehead atoms. The van der Waals surface area contributed by atoms with Crippen LogP contribution in [0.3, 0.4) is 0 Å². The lowest BCUT2D eigenvalue weighted by molar-refractivity contribution is 0.210. The maximum atomic E-state index is 10.1. The minimum Gasteiger partial charge on any atom is -0.465 e. The highest BCUT2D eigenvalue weighted by Gasteiger charge is 1.93. The van der Waals surface area contributed by atoms with Gasteiger partial charge in [-0.2, -0.15) is 4.99 Å². The number of nitrogens with one attached hydrogen (secondary N) is 1. The molecule has 0 radical (unpaired) electrons. The minimum atomic E-state index is -1.04. The number of anilines is 1. The van der Waals surface area contributed by atoms with Crippen LogP contribution in [0.5, 0.6) is 0 Å². The van der Waals surface area contributed by atoms with Crippen molar-refractivity contribution in [1.29, 1.82) is 0 Å². The normalized spacial score (nSPS) is 8.65. The molecule has 0 atom stereocenters. The summed E-state index contributed by atoms with van der Waals surface area (Å²) in [5.41, 5.74) is 2.40. The zero-order valence-corrected chi connectivity index (χ0v) is 10.9. The summed E-state index contributed by atoms with van der Waals surface area (Å²) in [7, 11) is 0. The molecule has 0 heterocycles. The van der Waals surface area contributed by atoms with E-state index in [1.165, 1.54) is 6.08 Å². The topological polar surface area (TPSA) is 78.8 Å². The first-order chi connectivity index (χ1) is 9.61. The van der Waals surface area contributed by atoms with Gasteiger partial charge < -0.3 is 5.11 Å².